The van der Waals surface area contributed by atoms with Gasteiger partial charge in [0.1, 0.15) is 0 Å². The van der Waals surface area contributed by atoms with Crippen molar-refractivity contribution in [3.63, 3.8) is 0 Å². The number of aromatic nitrogens is 2. The molecule has 174 valence electrons. The van der Waals surface area contributed by atoms with E-state index in [1.54, 1.807) is 0 Å². The minimum absolute atomic E-state index is 0.0769. The number of fused-ring (bicyclic) bond motifs is 8. The third-order valence-electron chi connectivity index (χ3n) is 9.02. The topological polar surface area (TPSA) is 20.7 Å². The molecular formula is C33H32N2. The first-order valence-corrected chi connectivity index (χ1v) is 12.9. The largest absolute Gasteiger partial charge is 0.353 e. The molecule has 0 amide bonds. The number of aromatic amines is 1. The van der Waals surface area contributed by atoms with Crippen LogP contribution in [0.2, 0.25) is 0 Å². The lowest BCUT2D eigenvalue weighted by molar-refractivity contribution is 0.233. The lowest BCUT2D eigenvalue weighted by atomic mass is 9.58. The van der Waals surface area contributed by atoms with E-state index >= 15 is 0 Å². The summed E-state index contributed by atoms with van der Waals surface area (Å²) in [6.07, 6.45) is 1.20. The number of nitrogens with one attached hydrogen (secondary N) is 1. The maximum atomic E-state index is 3.80. The van der Waals surface area contributed by atoms with Crippen molar-refractivity contribution in [3.05, 3.63) is 90.0 Å². The van der Waals surface area contributed by atoms with Crippen LogP contribution in [-0.2, 0) is 10.8 Å². The van der Waals surface area contributed by atoms with Crippen LogP contribution in [-0.4, -0.2) is 9.55 Å². The van der Waals surface area contributed by atoms with Crippen molar-refractivity contribution in [2.45, 2.75) is 51.9 Å². The molecule has 6 aromatic rings. The van der Waals surface area contributed by atoms with Gasteiger partial charge in [0.2, 0.25) is 0 Å². The van der Waals surface area contributed by atoms with Crippen LogP contribution in [0.3, 0.4) is 0 Å². The molecule has 2 heteroatoms. The minimum Gasteiger partial charge on any atom is -0.353 e. The molecule has 0 saturated heterocycles. The van der Waals surface area contributed by atoms with Crippen molar-refractivity contribution < 1.29 is 0 Å². The van der Waals surface area contributed by atoms with Crippen molar-refractivity contribution in [1.29, 1.82) is 0 Å². The van der Waals surface area contributed by atoms with Gasteiger partial charge in [-0.15, -0.1) is 0 Å². The third kappa shape index (κ3) is 2.66. The van der Waals surface area contributed by atoms with Crippen molar-refractivity contribution >= 4 is 43.6 Å². The van der Waals surface area contributed by atoms with Crippen LogP contribution in [0, 0.1) is 5.92 Å². The second kappa shape index (κ2) is 6.79. The van der Waals surface area contributed by atoms with Gasteiger partial charge in [-0.25, -0.2) is 0 Å². The van der Waals surface area contributed by atoms with Crippen LogP contribution in [0.15, 0.2) is 78.9 Å². The van der Waals surface area contributed by atoms with Crippen LogP contribution in [0.1, 0.15) is 52.2 Å². The fourth-order valence-corrected chi connectivity index (χ4v) is 6.97. The second-order valence-corrected chi connectivity index (χ2v) is 11.8. The van der Waals surface area contributed by atoms with Gasteiger partial charge in [-0.1, -0.05) is 95.3 Å². The number of para-hydroxylation sites is 2. The quantitative estimate of drug-likeness (QED) is 0.255. The first-order valence-electron chi connectivity index (χ1n) is 12.9. The summed E-state index contributed by atoms with van der Waals surface area (Å²) in [5.74, 6) is 0.590. The van der Waals surface area contributed by atoms with Crippen LogP contribution in [0.25, 0.3) is 49.3 Å². The van der Waals surface area contributed by atoms with E-state index in [9.17, 15) is 0 Å². The summed E-state index contributed by atoms with van der Waals surface area (Å²) < 4.78 is 2.55. The molecule has 4 aromatic carbocycles. The number of benzene rings is 4. The molecule has 7 rings (SSSR count). The summed E-state index contributed by atoms with van der Waals surface area (Å²) in [6.45, 7) is 12.2. The van der Waals surface area contributed by atoms with Gasteiger partial charge in [-0.2, -0.15) is 0 Å². The van der Waals surface area contributed by atoms with Crippen LogP contribution >= 0.6 is 0 Å². The molecule has 1 aliphatic carbocycles. The van der Waals surface area contributed by atoms with E-state index in [2.05, 4.69) is 123 Å². The first kappa shape index (κ1) is 20.8. The zero-order valence-electron chi connectivity index (χ0n) is 21.2. The summed E-state index contributed by atoms with van der Waals surface area (Å²) in [5.41, 5.74) is 9.50. The molecule has 1 atom stereocenters. The maximum Gasteiger partial charge on any atom is 0.0783 e. The molecule has 0 bridgehead atoms. The summed E-state index contributed by atoms with van der Waals surface area (Å²) in [6, 6.07) is 29.2. The summed E-state index contributed by atoms with van der Waals surface area (Å²) in [4.78, 5) is 3.80. The lowest BCUT2D eigenvalue weighted by Crippen LogP contribution is -2.41. The number of H-pyrrole nitrogens is 1. The molecule has 2 heterocycles. The van der Waals surface area contributed by atoms with Gasteiger partial charge < -0.3 is 9.55 Å². The molecule has 35 heavy (non-hydrogen) atoms. The van der Waals surface area contributed by atoms with Crippen LogP contribution in [0.5, 0.6) is 0 Å². The van der Waals surface area contributed by atoms with E-state index in [1.165, 1.54) is 66.8 Å². The monoisotopic (exact) mass is 456 g/mol. The van der Waals surface area contributed by atoms with Crippen molar-refractivity contribution in [3.8, 4) is 5.69 Å². The number of hydrogen-bond acceptors (Lipinski definition) is 0. The van der Waals surface area contributed by atoms with Gasteiger partial charge in [0.05, 0.1) is 22.2 Å². The van der Waals surface area contributed by atoms with Gasteiger partial charge in [0.25, 0.3) is 0 Å². The predicted molar refractivity (Wildman–Crippen MR) is 150 cm³/mol. The van der Waals surface area contributed by atoms with Gasteiger partial charge in [-0.05, 0) is 52.5 Å². The average molecular weight is 457 g/mol. The lowest BCUT2D eigenvalue weighted by Gasteiger charge is -2.47. The SMILES string of the molecule is CC1CC(C)(C)c2cccc(-n3c4ccccc4c4ccc5c6ccccc6[nH]c5c43)c2C1(C)C. The Hall–Kier alpha value is -3.52. The number of rotatable bonds is 1. The van der Waals surface area contributed by atoms with Gasteiger partial charge in [-0.3, -0.25) is 0 Å². The Kier molecular flexibility index (Phi) is 4.04. The fourth-order valence-electron chi connectivity index (χ4n) is 6.97. The second-order valence-electron chi connectivity index (χ2n) is 11.8. The molecule has 0 spiro atoms. The van der Waals surface area contributed by atoms with E-state index < -0.39 is 0 Å². The fraction of sp³-hybridized carbons (Fsp3) is 0.273. The molecule has 1 aliphatic rings. The highest BCUT2D eigenvalue weighted by Crippen LogP contribution is 2.52. The van der Waals surface area contributed by atoms with Crippen molar-refractivity contribution in [2.75, 3.05) is 0 Å². The molecular weight excluding hydrogens is 424 g/mol. The molecule has 2 nitrogen and oxygen atoms in total. The van der Waals surface area contributed by atoms with E-state index in [1.807, 2.05) is 0 Å². The van der Waals surface area contributed by atoms with Crippen LogP contribution < -0.4 is 0 Å². The summed E-state index contributed by atoms with van der Waals surface area (Å²) in [7, 11) is 0. The van der Waals surface area contributed by atoms with Gasteiger partial charge >= 0.3 is 0 Å². The van der Waals surface area contributed by atoms with Gasteiger partial charge in [0.15, 0.2) is 0 Å². The van der Waals surface area contributed by atoms with E-state index in [0.29, 0.717) is 5.92 Å². The molecule has 0 fully saturated rings. The van der Waals surface area contributed by atoms with Crippen molar-refractivity contribution in [1.82, 2.24) is 9.55 Å². The Bertz CT molecular complexity index is 1790. The standard InChI is InChI=1S/C33H32N2/c1-20-19-32(2,3)25-13-10-16-28(29(25)33(20,4)5)35-27-15-9-7-12-22(27)24-18-17-23-21-11-6-8-14-26(21)34-30(23)31(24)35/h6-18,20,34H,19H2,1-5H3. The minimum atomic E-state index is 0.0769. The van der Waals surface area contributed by atoms with E-state index in [0.717, 1.165) is 0 Å². The molecule has 0 saturated carbocycles. The zero-order chi connectivity index (χ0) is 24.1. The predicted octanol–water partition coefficient (Wildman–Crippen LogP) is 9.01. The summed E-state index contributed by atoms with van der Waals surface area (Å²) in [5, 5.41) is 5.18. The Morgan fingerprint density at radius 1 is 0.743 bits per heavy atom. The van der Waals surface area contributed by atoms with Crippen LogP contribution in [0.4, 0.5) is 0 Å². The molecule has 0 aliphatic heterocycles. The maximum absolute atomic E-state index is 3.80. The van der Waals surface area contributed by atoms with E-state index in [4.69, 9.17) is 0 Å². The van der Waals surface area contributed by atoms with Gasteiger partial charge in [0, 0.05) is 27.1 Å². The highest BCUT2D eigenvalue weighted by atomic mass is 15.0. The third-order valence-corrected chi connectivity index (χ3v) is 9.02. The highest BCUT2D eigenvalue weighted by Gasteiger charge is 2.43. The number of hydrogen-bond donors (Lipinski definition) is 1. The Labute approximate surface area is 206 Å². The molecule has 2 aromatic heterocycles. The Balaban J connectivity index is 1.71. The highest BCUT2D eigenvalue weighted by molar-refractivity contribution is 6.22. The molecule has 1 N–H and O–H groups in total. The van der Waals surface area contributed by atoms with Crippen molar-refractivity contribution in [2.24, 2.45) is 5.92 Å². The molecule has 1 unspecified atom stereocenters. The Morgan fingerprint density at radius 3 is 2.29 bits per heavy atom. The summed E-state index contributed by atoms with van der Waals surface area (Å²) >= 11 is 0. The van der Waals surface area contributed by atoms with E-state index in [-0.39, 0.29) is 10.8 Å². The first-order chi connectivity index (χ1) is 16.8. The smallest absolute Gasteiger partial charge is 0.0783 e. The Morgan fingerprint density at radius 2 is 1.46 bits per heavy atom. The average Bonchev–Trinajstić information content (AvgIpc) is 3.38. The zero-order valence-corrected chi connectivity index (χ0v) is 21.2. The number of nitrogens with zero attached hydrogens (tertiary/aromatic N) is 1. The molecule has 0 radical (unpaired) electrons. The normalized spacial score (nSPS) is 19.1.